The van der Waals surface area contributed by atoms with Crippen LogP contribution in [0.4, 0.5) is 0 Å². The molecular weight excluding hydrogens is 404 g/mol. The van der Waals surface area contributed by atoms with Crippen molar-refractivity contribution in [3.8, 4) is 5.88 Å². The van der Waals surface area contributed by atoms with Crippen molar-refractivity contribution in [3.05, 3.63) is 97.8 Å². The minimum Gasteiger partial charge on any atom is -0.494 e. The molecule has 1 aliphatic rings. The first-order valence-electron chi connectivity index (χ1n) is 11.0. The van der Waals surface area contributed by atoms with E-state index < -0.39 is 17.3 Å². The number of rotatable bonds is 5. The van der Waals surface area contributed by atoms with Gasteiger partial charge < -0.3 is 10.1 Å². The van der Waals surface area contributed by atoms with E-state index in [1.807, 2.05) is 55.5 Å². The molecule has 2 aromatic heterocycles. The standard InChI is InChI=1S/C25H26N4O3/c1-2-28-14-13-18-17-10-6-7-11-19(17)26-21(18)22(28)20-23(30)27-25(32)29(24(20)31)15-12-16-8-4-3-5-9-16/h3-11,22,26,31H,2,12-15H2,1H3,(H,27,30,32). The highest BCUT2D eigenvalue weighted by atomic mass is 16.3. The van der Waals surface area contributed by atoms with E-state index in [4.69, 9.17) is 0 Å². The van der Waals surface area contributed by atoms with Gasteiger partial charge in [0, 0.05) is 29.7 Å². The Morgan fingerprint density at radius 1 is 1.03 bits per heavy atom. The van der Waals surface area contributed by atoms with Gasteiger partial charge in [0.1, 0.15) is 5.56 Å². The Hall–Kier alpha value is -3.58. The summed E-state index contributed by atoms with van der Waals surface area (Å²) < 4.78 is 1.27. The van der Waals surface area contributed by atoms with Crippen molar-refractivity contribution in [1.82, 2.24) is 19.4 Å². The Morgan fingerprint density at radius 2 is 1.78 bits per heavy atom. The van der Waals surface area contributed by atoms with Crippen LogP contribution in [-0.4, -0.2) is 37.6 Å². The van der Waals surface area contributed by atoms with Crippen LogP contribution in [0.5, 0.6) is 5.88 Å². The Labute approximate surface area is 185 Å². The lowest BCUT2D eigenvalue weighted by atomic mass is 9.93. The van der Waals surface area contributed by atoms with Gasteiger partial charge in [0.05, 0.1) is 6.04 Å². The number of para-hydroxylation sites is 1. The maximum atomic E-state index is 13.0. The Kier molecular flexibility index (Phi) is 5.19. The van der Waals surface area contributed by atoms with Gasteiger partial charge in [0.15, 0.2) is 0 Å². The fraction of sp³-hybridized carbons (Fsp3) is 0.280. The second kappa shape index (κ2) is 8.16. The van der Waals surface area contributed by atoms with Crippen molar-refractivity contribution in [2.24, 2.45) is 0 Å². The first-order chi connectivity index (χ1) is 15.6. The summed E-state index contributed by atoms with van der Waals surface area (Å²) in [7, 11) is 0. The van der Waals surface area contributed by atoms with Crippen LogP contribution in [0.25, 0.3) is 10.9 Å². The predicted octanol–water partition coefficient (Wildman–Crippen LogP) is 2.93. The number of nitrogens with one attached hydrogen (secondary N) is 2. The summed E-state index contributed by atoms with van der Waals surface area (Å²) in [5, 5.41) is 12.3. The third-order valence-corrected chi connectivity index (χ3v) is 6.49. The highest BCUT2D eigenvalue weighted by Gasteiger charge is 2.35. The molecule has 5 rings (SSSR count). The molecule has 0 saturated heterocycles. The Balaban J connectivity index is 1.64. The van der Waals surface area contributed by atoms with Crippen molar-refractivity contribution in [2.75, 3.05) is 13.1 Å². The van der Waals surface area contributed by atoms with Gasteiger partial charge in [-0.15, -0.1) is 0 Å². The number of benzene rings is 2. The molecule has 0 aliphatic carbocycles. The van der Waals surface area contributed by atoms with Crippen LogP contribution in [0.2, 0.25) is 0 Å². The zero-order valence-corrected chi connectivity index (χ0v) is 18.0. The lowest BCUT2D eigenvalue weighted by Gasteiger charge is -2.35. The van der Waals surface area contributed by atoms with E-state index in [1.54, 1.807) is 0 Å². The number of aromatic nitrogens is 3. The number of H-pyrrole nitrogens is 2. The third-order valence-electron chi connectivity index (χ3n) is 6.49. The van der Waals surface area contributed by atoms with Gasteiger partial charge in [-0.1, -0.05) is 55.5 Å². The summed E-state index contributed by atoms with van der Waals surface area (Å²) in [4.78, 5) is 33.7. The molecule has 3 heterocycles. The molecule has 2 aromatic carbocycles. The minimum atomic E-state index is -0.595. The number of nitrogens with zero attached hydrogens (tertiary/aromatic N) is 2. The second-order valence-corrected chi connectivity index (χ2v) is 8.23. The van der Waals surface area contributed by atoms with Crippen LogP contribution in [-0.2, 0) is 19.4 Å². The van der Waals surface area contributed by atoms with Crippen molar-refractivity contribution in [2.45, 2.75) is 32.4 Å². The van der Waals surface area contributed by atoms with Crippen molar-refractivity contribution >= 4 is 10.9 Å². The third kappa shape index (κ3) is 3.35. The van der Waals surface area contributed by atoms with E-state index in [9.17, 15) is 14.7 Å². The number of aryl methyl sites for hydroxylation is 1. The molecule has 0 saturated carbocycles. The van der Waals surface area contributed by atoms with Crippen molar-refractivity contribution in [3.63, 3.8) is 0 Å². The lowest BCUT2D eigenvalue weighted by Crippen LogP contribution is -2.41. The SMILES string of the molecule is CCN1CCc2c([nH]c3ccccc23)C1c1c(O)n(CCc2ccccc2)c(=O)[nH]c1=O. The summed E-state index contributed by atoms with van der Waals surface area (Å²) >= 11 is 0. The molecule has 1 atom stereocenters. The molecule has 0 spiro atoms. The number of aromatic hydroxyl groups is 1. The van der Waals surface area contributed by atoms with Crippen LogP contribution in [0.1, 0.15) is 35.3 Å². The van der Waals surface area contributed by atoms with Gasteiger partial charge in [-0.05, 0) is 36.6 Å². The molecular formula is C25H26N4O3. The van der Waals surface area contributed by atoms with E-state index in [0.717, 1.165) is 40.7 Å². The van der Waals surface area contributed by atoms with E-state index >= 15 is 0 Å². The Bertz CT molecular complexity index is 1380. The van der Waals surface area contributed by atoms with Crippen molar-refractivity contribution < 1.29 is 5.11 Å². The van der Waals surface area contributed by atoms with Gasteiger partial charge in [-0.3, -0.25) is 19.2 Å². The molecule has 7 nitrogen and oxygen atoms in total. The summed E-state index contributed by atoms with van der Waals surface area (Å²) in [5.74, 6) is -0.260. The topological polar surface area (TPSA) is 94.1 Å². The number of fused-ring (bicyclic) bond motifs is 3. The molecule has 0 fully saturated rings. The average Bonchev–Trinajstić information content (AvgIpc) is 3.18. The largest absolute Gasteiger partial charge is 0.494 e. The minimum absolute atomic E-state index is 0.215. The molecule has 1 aliphatic heterocycles. The van der Waals surface area contributed by atoms with E-state index in [2.05, 4.69) is 20.9 Å². The molecule has 7 heteroatoms. The second-order valence-electron chi connectivity index (χ2n) is 8.23. The predicted molar refractivity (Wildman–Crippen MR) is 124 cm³/mol. The van der Waals surface area contributed by atoms with Gasteiger partial charge >= 0.3 is 5.69 Å². The van der Waals surface area contributed by atoms with Crippen molar-refractivity contribution in [1.29, 1.82) is 0 Å². The molecule has 1 unspecified atom stereocenters. The van der Waals surface area contributed by atoms with Gasteiger partial charge in [-0.25, -0.2) is 4.79 Å². The molecule has 32 heavy (non-hydrogen) atoms. The lowest BCUT2D eigenvalue weighted by molar-refractivity contribution is 0.214. The van der Waals surface area contributed by atoms with E-state index in [1.165, 1.54) is 4.57 Å². The average molecular weight is 431 g/mol. The summed E-state index contributed by atoms with van der Waals surface area (Å²) in [6.45, 7) is 3.79. The maximum absolute atomic E-state index is 13.0. The highest BCUT2D eigenvalue weighted by Crippen LogP contribution is 2.39. The molecule has 3 N–H and O–H groups in total. The quantitative estimate of drug-likeness (QED) is 0.454. The maximum Gasteiger partial charge on any atom is 0.331 e. The van der Waals surface area contributed by atoms with E-state index in [0.29, 0.717) is 13.0 Å². The zero-order chi connectivity index (χ0) is 22.2. The van der Waals surface area contributed by atoms with Gasteiger partial charge in [-0.2, -0.15) is 0 Å². The first-order valence-corrected chi connectivity index (χ1v) is 11.0. The van der Waals surface area contributed by atoms with Crippen LogP contribution >= 0.6 is 0 Å². The van der Waals surface area contributed by atoms with Crippen LogP contribution < -0.4 is 11.2 Å². The number of hydrogen-bond donors (Lipinski definition) is 3. The molecule has 4 aromatic rings. The normalized spacial score (nSPS) is 16.3. The number of aromatic amines is 2. The van der Waals surface area contributed by atoms with Crippen LogP contribution in [0, 0.1) is 0 Å². The summed E-state index contributed by atoms with van der Waals surface area (Å²) in [6, 6.07) is 17.4. The van der Waals surface area contributed by atoms with E-state index in [-0.39, 0.29) is 18.0 Å². The number of likely N-dealkylation sites (N-methyl/N-ethyl adjacent to an activating group) is 1. The molecule has 0 bridgehead atoms. The monoisotopic (exact) mass is 430 g/mol. The van der Waals surface area contributed by atoms with Gasteiger partial charge in [0.2, 0.25) is 5.88 Å². The summed E-state index contributed by atoms with van der Waals surface area (Å²) in [5.41, 5.74) is 3.21. The summed E-state index contributed by atoms with van der Waals surface area (Å²) in [6.07, 6.45) is 1.43. The highest BCUT2D eigenvalue weighted by molar-refractivity contribution is 5.85. The fourth-order valence-corrected chi connectivity index (χ4v) is 4.87. The van der Waals surface area contributed by atoms with Gasteiger partial charge in [0.25, 0.3) is 5.56 Å². The molecule has 0 amide bonds. The molecule has 164 valence electrons. The van der Waals surface area contributed by atoms with Crippen LogP contribution in [0.3, 0.4) is 0 Å². The first kappa shape index (κ1) is 20.3. The Morgan fingerprint density at radius 3 is 2.56 bits per heavy atom. The fourth-order valence-electron chi connectivity index (χ4n) is 4.87. The van der Waals surface area contributed by atoms with Crippen LogP contribution in [0.15, 0.2) is 64.2 Å². The smallest absolute Gasteiger partial charge is 0.331 e. The molecule has 0 radical (unpaired) electrons. The zero-order valence-electron chi connectivity index (χ0n) is 18.0. The number of hydrogen-bond acceptors (Lipinski definition) is 4.